The van der Waals surface area contributed by atoms with Gasteiger partial charge in [0.1, 0.15) is 18.0 Å². The first-order valence-electron chi connectivity index (χ1n) is 13.7. The fourth-order valence-corrected chi connectivity index (χ4v) is 4.58. The molecule has 5 nitrogen and oxygen atoms in total. The molecule has 0 saturated carbocycles. The van der Waals surface area contributed by atoms with Gasteiger partial charge in [-0.25, -0.2) is 0 Å². The van der Waals surface area contributed by atoms with Gasteiger partial charge >= 0.3 is 5.97 Å². The van der Waals surface area contributed by atoms with Crippen LogP contribution < -0.4 is 9.22 Å². The second kappa shape index (κ2) is 13.3. The molecule has 1 aromatic heterocycles. The first-order valence-corrected chi connectivity index (χ1v) is 13.7. The van der Waals surface area contributed by atoms with Gasteiger partial charge in [-0.15, -0.1) is 0 Å². The molecule has 5 heteroatoms. The molecule has 4 aromatic rings. The lowest BCUT2D eigenvalue weighted by Gasteiger charge is -2.23. The Morgan fingerprint density at radius 2 is 1.53 bits per heavy atom. The van der Waals surface area contributed by atoms with Gasteiger partial charge in [0.15, 0.2) is 0 Å². The first-order chi connectivity index (χ1) is 18.4. The lowest BCUT2D eigenvalue weighted by molar-refractivity contribution is -0.142. The third kappa shape index (κ3) is 8.22. The fourth-order valence-electron chi connectivity index (χ4n) is 4.58. The Hall–Kier alpha value is -3.57. The Kier molecular flexibility index (Phi) is 9.61. The van der Waals surface area contributed by atoms with Gasteiger partial charge in [0, 0.05) is 23.6 Å². The molecule has 3 aromatic carbocycles. The van der Waals surface area contributed by atoms with Crippen LogP contribution in [-0.2, 0) is 29.1 Å². The zero-order valence-corrected chi connectivity index (χ0v) is 23.1. The molecule has 0 unspecified atom stereocenters. The summed E-state index contributed by atoms with van der Waals surface area (Å²) in [6.45, 7) is 2.10. The summed E-state index contributed by atoms with van der Waals surface area (Å²) in [5.41, 5.74) is 4.63. The molecule has 1 heterocycles. The number of nitrogens with zero attached hydrogens (tertiary/aromatic N) is 2. The van der Waals surface area contributed by atoms with Crippen LogP contribution in [0.5, 0.6) is 5.75 Å². The Balaban J connectivity index is 1.09. The standard InChI is InChI=1S/C33H41N2O3/c1-35(2,3)30-16-14-27(15-17-30)24-33(36)37-23-11-6-4-5-10-21-34-22-20-29-25-31(18-19-32(29)34)38-26-28-12-8-7-9-13-28/h7-9,12-20,22,25H,4-6,10-11,21,23-24,26H2,1-3H3/q+1. The minimum absolute atomic E-state index is 0.142. The highest BCUT2D eigenvalue weighted by Gasteiger charge is 2.12. The third-order valence-corrected chi connectivity index (χ3v) is 6.86. The van der Waals surface area contributed by atoms with E-state index in [2.05, 4.69) is 80.4 Å². The molecule has 0 radical (unpaired) electrons. The first kappa shape index (κ1) is 27.5. The number of hydrogen-bond donors (Lipinski definition) is 0. The molecule has 0 fully saturated rings. The maximum absolute atomic E-state index is 12.2. The zero-order valence-electron chi connectivity index (χ0n) is 23.1. The molecule has 0 aliphatic heterocycles. The van der Waals surface area contributed by atoms with E-state index in [1.54, 1.807) is 0 Å². The highest BCUT2D eigenvalue weighted by atomic mass is 16.5. The number of esters is 1. The van der Waals surface area contributed by atoms with Crippen molar-refractivity contribution >= 4 is 22.6 Å². The molecule has 0 saturated heterocycles. The molecule has 0 aliphatic carbocycles. The summed E-state index contributed by atoms with van der Waals surface area (Å²) < 4.78 is 14.5. The molecule has 0 spiro atoms. The summed E-state index contributed by atoms with van der Waals surface area (Å²) in [6, 6.07) is 26.9. The summed E-state index contributed by atoms with van der Waals surface area (Å²) in [7, 11) is 6.39. The minimum Gasteiger partial charge on any atom is -0.489 e. The fraction of sp³-hybridized carbons (Fsp3) is 0.364. The summed E-state index contributed by atoms with van der Waals surface area (Å²) in [5.74, 6) is 0.758. The summed E-state index contributed by atoms with van der Waals surface area (Å²) in [4.78, 5) is 12.2. The SMILES string of the molecule is C[N+](C)(C)c1ccc(CC(=O)OCCCCCCCn2ccc3cc(OCc4ccccc4)ccc32)cc1. The Morgan fingerprint density at radius 3 is 2.29 bits per heavy atom. The van der Waals surface area contributed by atoms with Crippen molar-refractivity contribution < 1.29 is 14.3 Å². The van der Waals surface area contributed by atoms with E-state index in [0.717, 1.165) is 48.0 Å². The Bertz CT molecular complexity index is 1290. The van der Waals surface area contributed by atoms with Crippen molar-refractivity contribution in [2.75, 3.05) is 27.7 Å². The van der Waals surface area contributed by atoms with Gasteiger partial charge in [0.25, 0.3) is 0 Å². The van der Waals surface area contributed by atoms with E-state index in [0.29, 0.717) is 19.6 Å². The van der Waals surface area contributed by atoms with Crippen LogP contribution >= 0.6 is 0 Å². The van der Waals surface area contributed by atoms with Crippen molar-refractivity contribution in [1.29, 1.82) is 0 Å². The van der Waals surface area contributed by atoms with Crippen molar-refractivity contribution in [3.8, 4) is 5.75 Å². The quantitative estimate of drug-likeness (QED) is 0.102. The normalized spacial score (nSPS) is 11.6. The van der Waals surface area contributed by atoms with Crippen LogP contribution in [-0.4, -0.2) is 38.3 Å². The van der Waals surface area contributed by atoms with Gasteiger partial charge in [-0.2, -0.15) is 0 Å². The maximum Gasteiger partial charge on any atom is 0.310 e. The minimum atomic E-state index is -0.142. The molecule has 4 rings (SSSR count). The second-order valence-electron chi connectivity index (χ2n) is 10.8. The highest BCUT2D eigenvalue weighted by molar-refractivity contribution is 5.81. The largest absolute Gasteiger partial charge is 0.489 e. The van der Waals surface area contributed by atoms with Crippen LogP contribution in [0, 0.1) is 0 Å². The summed E-state index contributed by atoms with van der Waals surface area (Å²) >= 11 is 0. The van der Waals surface area contributed by atoms with E-state index in [1.165, 1.54) is 28.6 Å². The van der Waals surface area contributed by atoms with Crippen molar-refractivity contribution in [2.45, 2.75) is 51.7 Å². The average molecular weight is 514 g/mol. The second-order valence-corrected chi connectivity index (χ2v) is 10.8. The van der Waals surface area contributed by atoms with Crippen molar-refractivity contribution in [3.05, 3.63) is 96.2 Å². The van der Waals surface area contributed by atoms with Crippen molar-refractivity contribution in [2.24, 2.45) is 0 Å². The number of ether oxygens (including phenoxy) is 2. The van der Waals surface area contributed by atoms with E-state index in [4.69, 9.17) is 9.47 Å². The van der Waals surface area contributed by atoms with Crippen LogP contribution in [0.3, 0.4) is 0 Å². The maximum atomic E-state index is 12.2. The predicted octanol–water partition coefficient (Wildman–Crippen LogP) is 7.15. The van der Waals surface area contributed by atoms with Crippen LogP contribution in [0.4, 0.5) is 5.69 Å². The number of fused-ring (bicyclic) bond motifs is 1. The molecule has 200 valence electrons. The summed E-state index contributed by atoms with van der Waals surface area (Å²) in [5, 5.41) is 1.21. The zero-order chi connectivity index (χ0) is 26.8. The van der Waals surface area contributed by atoms with Crippen LogP contribution in [0.15, 0.2) is 85.1 Å². The van der Waals surface area contributed by atoms with Crippen LogP contribution in [0.2, 0.25) is 0 Å². The average Bonchev–Trinajstić information content (AvgIpc) is 3.31. The molecule has 0 atom stereocenters. The van der Waals surface area contributed by atoms with Crippen LogP contribution in [0.25, 0.3) is 10.9 Å². The number of carbonyl (C=O) groups is 1. The molecular weight excluding hydrogens is 472 g/mol. The molecular formula is C33H41N2O3+. The lowest BCUT2D eigenvalue weighted by Crippen LogP contribution is -2.34. The Labute approximate surface area is 227 Å². The molecule has 0 N–H and O–H groups in total. The van der Waals surface area contributed by atoms with Gasteiger partial charge in [-0.3, -0.25) is 9.28 Å². The number of quaternary nitrogens is 1. The highest BCUT2D eigenvalue weighted by Crippen LogP contribution is 2.23. The summed E-state index contributed by atoms with van der Waals surface area (Å²) in [6.07, 6.45) is 7.97. The Morgan fingerprint density at radius 1 is 0.789 bits per heavy atom. The smallest absolute Gasteiger partial charge is 0.310 e. The van der Waals surface area contributed by atoms with Gasteiger partial charge in [0.2, 0.25) is 0 Å². The molecule has 38 heavy (non-hydrogen) atoms. The van der Waals surface area contributed by atoms with Crippen molar-refractivity contribution in [1.82, 2.24) is 9.05 Å². The molecule has 0 aliphatic rings. The van der Waals surface area contributed by atoms with Gasteiger partial charge in [-0.05, 0) is 60.4 Å². The topological polar surface area (TPSA) is 40.5 Å². The molecule has 0 bridgehead atoms. The number of carbonyl (C=O) groups excluding carboxylic acids is 1. The van der Waals surface area contributed by atoms with E-state index in [1.807, 2.05) is 30.3 Å². The number of aryl methyl sites for hydroxylation is 1. The number of rotatable bonds is 14. The molecule has 0 amide bonds. The van der Waals surface area contributed by atoms with Gasteiger partial charge in [0.05, 0.1) is 34.2 Å². The van der Waals surface area contributed by atoms with Crippen LogP contribution in [0.1, 0.15) is 43.2 Å². The third-order valence-electron chi connectivity index (χ3n) is 6.86. The van der Waals surface area contributed by atoms with Crippen molar-refractivity contribution in [3.63, 3.8) is 0 Å². The van der Waals surface area contributed by atoms with Gasteiger partial charge in [-0.1, -0.05) is 61.7 Å². The number of benzene rings is 3. The number of aromatic nitrogens is 1. The van der Waals surface area contributed by atoms with Gasteiger partial charge < -0.3 is 14.0 Å². The number of unbranched alkanes of at least 4 members (excludes halogenated alkanes) is 4. The monoisotopic (exact) mass is 513 g/mol. The lowest BCUT2D eigenvalue weighted by atomic mass is 10.1. The van der Waals surface area contributed by atoms with E-state index in [-0.39, 0.29) is 5.97 Å². The van der Waals surface area contributed by atoms with E-state index < -0.39 is 0 Å². The van der Waals surface area contributed by atoms with E-state index >= 15 is 0 Å². The van der Waals surface area contributed by atoms with E-state index in [9.17, 15) is 4.79 Å². The number of hydrogen-bond acceptors (Lipinski definition) is 3. The predicted molar refractivity (Wildman–Crippen MR) is 156 cm³/mol.